The van der Waals surface area contributed by atoms with Crippen molar-refractivity contribution in [2.24, 2.45) is 0 Å². The number of halogens is 6. The number of carbonyl (C=O) groups is 1. The van der Waals surface area contributed by atoms with Crippen LogP contribution in [0.2, 0.25) is 0 Å². The van der Waals surface area contributed by atoms with Crippen LogP contribution in [0.5, 0.6) is 0 Å². The van der Waals surface area contributed by atoms with Gasteiger partial charge in [0.15, 0.2) is 15.7 Å². The summed E-state index contributed by atoms with van der Waals surface area (Å²) < 4.78 is 111. The third-order valence-electron chi connectivity index (χ3n) is 6.22. The second kappa shape index (κ2) is 9.80. The molecule has 0 saturated carbocycles. The number of hydrogen-bond donors (Lipinski definition) is 2. The number of sulfone groups is 1. The molecule has 0 saturated heterocycles. The molecule has 0 spiro atoms. The molecule has 2 aromatic carbocycles. The van der Waals surface area contributed by atoms with Crippen molar-refractivity contribution >= 4 is 21.4 Å². The van der Waals surface area contributed by atoms with E-state index in [0.717, 1.165) is 6.26 Å². The first-order valence-corrected chi connectivity index (χ1v) is 13.2. The number of hydrogen-bond acceptors (Lipinski definition) is 6. The summed E-state index contributed by atoms with van der Waals surface area (Å²) in [5.41, 5.74) is -3.88. The number of nitrogens with zero attached hydrogens (tertiary/aromatic N) is 1. The van der Waals surface area contributed by atoms with Gasteiger partial charge < -0.3 is 15.0 Å². The number of nitrogens with one attached hydrogen (secondary N) is 2. The molecule has 206 valence electrons. The minimum Gasteiger partial charge on any atom is -0.457 e. The normalized spacial score (nSPS) is 20.9. The summed E-state index contributed by atoms with van der Waals surface area (Å²) >= 11 is 0. The van der Waals surface area contributed by atoms with Crippen LogP contribution < -0.4 is 15.5 Å². The van der Waals surface area contributed by atoms with Gasteiger partial charge in [0.05, 0.1) is 29.9 Å². The van der Waals surface area contributed by atoms with Crippen molar-refractivity contribution in [3.8, 4) is 0 Å². The fourth-order valence-corrected chi connectivity index (χ4v) is 5.04. The Labute approximate surface area is 214 Å². The SMILES string of the molecule is Cc1ccccc1N1CC(S(C)(=O)=O)OC2=C(C1=O)C(Cc1cc(C(F)(F)F)cc(C(F)(F)F)c1)NCN2. The van der Waals surface area contributed by atoms with E-state index in [9.17, 15) is 39.6 Å². The Bertz CT molecular complexity index is 1360. The molecule has 4 rings (SSSR count). The van der Waals surface area contributed by atoms with Crippen molar-refractivity contribution in [1.29, 1.82) is 0 Å². The molecule has 7 nitrogen and oxygen atoms in total. The maximum Gasteiger partial charge on any atom is 0.416 e. The van der Waals surface area contributed by atoms with E-state index in [4.69, 9.17) is 4.74 Å². The summed E-state index contributed by atoms with van der Waals surface area (Å²) in [6.45, 7) is 1.24. The number of carbonyl (C=O) groups excluding carboxylic acids is 1. The van der Waals surface area contributed by atoms with Gasteiger partial charge in [0, 0.05) is 18.0 Å². The maximum atomic E-state index is 13.8. The molecule has 38 heavy (non-hydrogen) atoms. The van der Waals surface area contributed by atoms with Crippen LogP contribution in [0.25, 0.3) is 0 Å². The largest absolute Gasteiger partial charge is 0.457 e. The van der Waals surface area contributed by atoms with E-state index < -0.39 is 57.1 Å². The molecule has 0 bridgehead atoms. The molecule has 0 aromatic heterocycles. The van der Waals surface area contributed by atoms with Crippen LogP contribution >= 0.6 is 0 Å². The molecule has 2 unspecified atom stereocenters. The van der Waals surface area contributed by atoms with E-state index in [1.54, 1.807) is 31.2 Å². The molecule has 2 N–H and O–H groups in total. The van der Waals surface area contributed by atoms with Crippen LogP contribution in [0.1, 0.15) is 22.3 Å². The Kier molecular flexibility index (Phi) is 7.16. The summed E-state index contributed by atoms with van der Waals surface area (Å²) in [4.78, 5) is 15.0. The van der Waals surface area contributed by atoms with Gasteiger partial charge in [-0.1, -0.05) is 18.2 Å². The first-order valence-electron chi connectivity index (χ1n) is 11.3. The van der Waals surface area contributed by atoms with Crippen molar-refractivity contribution in [1.82, 2.24) is 10.6 Å². The molecule has 2 heterocycles. The topological polar surface area (TPSA) is 87.7 Å². The minimum absolute atomic E-state index is 0.0284. The first kappa shape index (κ1) is 27.8. The predicted octanol–water partition coefficient (Wildman–Crippen LogP) is 3.74. The number of para-hydroxylation sites is 1. The van der Waals surface area contributed by atoms with Gasteiger partial charge in [-0.25, -0.2) is 8.42 Å². The second-order valence-corrected chi connectivity index (χ2v) is 11.2. The zero-order valence-corrected chi connectivity index (χ0v) is 20.9. The van der Waals surface area contributed by atoms with E-state index in [1.165, 1.54) is 4.90 Å². The Hall–Kier alpha value is -3.26. The van der Waals surface area contributed by atoms with Gasteiger partial charge in [0.1, 0.15) is 0 Å². The Balaban J connectivity index is 1.81. The van der Waals surface area contributed by atoms with Gasteiger partial charge in [-0.3, -0.25) is 10.1 Å². The number of alkyl halides is 6. The fourth-order valence-electron chi connectivity index (χ4n) is 4.35. The minimum atomic E-state index is -5.03. The number of anilines is 1. The van der Waals surface area contributed by atoms with E-state index >= 15 is 0 Å². The van der Waals surface area contributed by atoms with E-state index in [2.05, 4.69) is 10.6 Å². The number of aryl methyl sites for hydroxylation is 1. The second-order valence-electron chi connectivity index (χ2n) is 9.05. The quantitative estimate of drug-likeness (QED) is 0.552. The molecular weight excluding hydrogens is 540 g/mol. The maximum absolute atomic E-state index is 13.8. The van der Waals surface area contributed by atoms with Crippen molar-refractivity contribution < 1.29 is 44.3 Å². The molecule has 14 heteroatoms. The molecule has 2 aliphatic rings. The van der Waals surface area contributed by atoms with Gasteiger partial charge in [0.25, 0.3) is 5.91 Å². The van der Waals surface area contributed by atoms with Crippen molar-refractivity contribution in [2.75, 3.05) is 24.4 Å². The highest BCUT2D eigenvalue weighted by molar-refractivity contribution is 7.91. The number of ether oxygens (including phenoxy) is 1. The van der Waals surface area contributed by atoms with Crippen LogP contribution in [0, 0.1) is 6.92 Å². The Morgan fingerprint density at radius 2 is 1.63 bits per heavy atom. The molecule has 0 radical (unpaired) electrons. The predicted molar refractivity (Wildman–Crippen MR) is 125 cm³/mol. The highest BCUT2D eigenvalue weighted by atomic mass is 32.2. The lowest BCUT2D eigenvalue weighted by Crippen LogP contribution is -2.49. The molecular formula is C24H23F6N3O4S. The van der Waals surface area contributed by atoms with Crippen LogP contribution in [-0.2, 0) is 38.1 Å². The number of benzene rings is 2. The molecule has 2 atom stereocenters. The third kappa shape index (κ3) is 5.75. The summed E-state index contributed by atoms with van der Waals surface area (Å²) in [6.07, 6.45) is -9.57. The van der Waals surface area contributed by atoms with E-state index in [0.29, 0.717) is 23.4 Å². The van der Waals surface area contributed by atoms with Gasteiger partial charge in [-0.2, -0.15) is 26.3 Å². The van der Waals surface area contributed by atoms with E-state index in [-0.39, 0.29) is 36.3 Å². The molecule has 0 aliphatic carbocycles. The van der Waals surface area contributed by atoms with Crippen LogP contribution in [0.3, 0.4) is 0 Å². The average molecular weight is 564 g/mol. The third-order valence-corrected chi connectivity index (χ3v) is 7.42. The van der Waals surface area contributed by atoms with E-state index in [1.807, 2.05) is 0 Å². The van der Waals surface area contributed by atoms with Gasteiger partial charge in [-0.05, 0) is 48.7 Å². The summed E-state index contributed by atoms with van der Waals surface area (Å²) in [5.74, 6) is -0.901. The smallest absolute Gasteiger partial charge is 0.416 e. The van der Waals surface area contributed by atoms with Crippen LogP contribution in [-0.4, -0.2) is 45.3 Å². The zero-order chi connectivity index (χ0) is 28.0. The Morgan fingerprint density at radius 3 is 2.18 bits per heavy atom. The Morgan fingerprint density at radius 1 is 1.03 bits per heavy atom. The van der Waals surface area contributed by atoms with Crippen molar-refractivity contribution in [2.45, 2.75) is 37.2 Å². The molecule has 0 fully saturated rings. The highest BCUT2D eigenvalue weighted by Gasteiger charge is 2.42. The molecule has 2 aliphatic heterocycles. The number of amides is 1. The monoisotopic (exact) mass is 563 g/mol. The lowest BCUT2D eigenvalue weighted by molar-refractivity contribution is -0.143. The van der Waals surface area contributed by atoms with Gasteiger partial charge in [-0.15, -0.1) is 0 Å². The lowest BCUT2D eigenvalue weighted by atomic mass is 9.94. The van der Waals surface area contributed by atoms with Crippen LogP contribution in [0.4, 0.5) is 32.0 Å². The van der Waals surface area contributed by atoms with Crippen LogP contribution in [0.15, 0.2) is 53.9 Å². The molecule has 1 amide bonds. The lowest BCUT2D eigenvalue weighted by Gasteiger charge is -2.30. The standard InChI is InChI=1S/C24H23F6N3O4S/c1-13-5-3-4-6-18(13)33-11-19(38(2,35)36)37-21-20(22(33)34)17(31-12-32-21)9-14-7-15(23(25,26)27)10-16(8-14)24(28,29)30/h3-8,10,17,19,31-32H,9,11-12H2,1-2H3. The zero-order valence-electron chi connectivity index (χ0n) is 20.1. The first-order chi connectivity index (χ1) is 17.6. The van der Waals surface area contributed by atoms with Crippen molar-refractivity contribution in [3.63, 3.8) is 0 Å². The van der Waals surface area contributed by atoms with Gasteiger partial charge in [0.2, 0.25) is 5.44 Å². The van der Waals surface area contributed by atoms with Crippen molar-refractivity contribution in [3.05, 3.63) is 76.2 Å². The molecule has 2 aromatic rings. The van der Waals surface area contributed by atoms with Gasteiger partial charge >= 0.3 is 12.4 Å². The summed E-state index contributed by atoms with van der Waals surface area (Å²) in [6, 6.07) is 6.79. The number of rotatable bonds is 4. The average Bonchev–Trinajstić information content (AvgIpc) is 2.95. The highest BCUT2D eigenvalue weighted by Crippen LogP contribution is 2.37. The summed E-state index contributed by atoms with van der Waals surface area (Å²) in [5, 5.41) is 5.61. The summed E-state index contributed by atoms with van der Waals surface area (Å²) in [7, 11) is -3.86. The fraction of sp³-hybridized carbons (Fsp3) is 0.375.